The van der Waals surface area contributed by atoms with E-state index >= 15 is 0 Å². The maximum atomic E-state index is 2.46. The van der Waals surface area contributed by atoms with Crippen LogP contribution in [-0.4, -0.2) is 40.4 Å². The van der Waals surface area contributed by atoms with Crippen molar-refractivity contribution in [3.05, 3.63) is 239 Å². The molecule has 10 rings (SSSR count). The highest BCUT2D eigenvalue weighted by Gasteiger charge is 2.30. The maximum absolute atomic E-state index is 2.46. The summed E-state index contributed by atoms with van der Waals surface area (Å²) in [6.45, 7) is 58.7. The summed E-state index contributed by atoms with van der Waals surface area (Å²) in [4.78, 5) is 0. The Kier molecular flexibility index (Phi) is 27.8. The van der Waals surface area contributed by atoms with Crippen molar-refractivity contribution in [1.82, 2.24) is 0 Å². The van der Waals surface area contributed by atoms with Crippen LogP contribution < -0.4 is 48.8 Å². The molecule has 0 saturated heterocycles. The van der Waals surface area contributed by atoms with Crippen LogP contribution in [0.1, 0.15) is 90.1 Å². The third-order valence-electron chi connectivity index (χ3n) is 19.4. The molecule has 5 heterocycles. The lowest BCUT2D eigenvalue weighted by Gasteiger charge is -2.22. The largest absolute Gasteiger partial charge is 0.212 e. The van der Waals surface area contributed by atoms with E-state index < -0.39 is 40.4 Å². The molecular weight excluding hydrogens is 1280 g/mol. The van der Waals surface area contributed by atoms with Gasteiger partial charge in [-0.05, 0) is 144 Å². The van der Waals surface area contributed by atoms with Gasteiger partial charge in [0.25, 0.3) is 0 Å². The lowest BCUT2D eigenvalue weighted by molar-refractivity contribution is -0.660. The molecular formula is C89H128N5Si5+5. The van der Waals surface area contributed by atoms with Crippen LogP contribution in [0.5, 0.6) is 0 Å². The predicted octanol–water partition coefficient (Wildman–Crippen LogP) is 18.1. The number of aromatic nitrogens is 5. The fraction of sp³-hybridized carbons (Fsp3) is 0.382. The first kappa shape index (κ1) is 80.9. The molecule has 0 fully saturated rings. The van der Waals surface area contributed by atoms with Crippen LogP contribution in [0, 0.1) is 41.5 Å². The average Bonchev–Trinajstić information content (AvgIpc) is 0.815. The van der Waals surface area contributed by atoms with Crippen LogP contribution in [0.15, 0.2) is 189 Å². The van der Waals surface area contributed by atoms with Crippen LogP contribution in [-0.2, 0) is 48.1 Å². The summed E-state index contributed by atoms with van der Waals surface area (Å²) < 4.78 is 11.3. The third-order valence-corrected chi connectivity index (χ3v) is 29.8. The molecule has 0 spiro atoms. The Morgan fingerprint density at radius 2 is 0.596 bits per heavy atom. The van der Waals surface area contributed by atoms with Gasteiger partial charge in [-0.25, -0.2) is 22.8 Å². The normalized spacial score (nSPS) is 11.7. The van der Waals surface area contributed by atoms with E-state index in [4.69, 9.17) is 0 Å². The van der Waals surface area contributed by atoms with Gasteiger partial charge in [0.1, 0.15) is 35.2 Å². The molecule has 0 unspecified atom stereocenters. The zero-order valence-corrected chi connectivity index (χ0v) is 72.3. The highest BCUT2D eigenvalue weighted by Crippen LogP contribution is 2.27. The van der Waals surface area contributed by atoms with E-state index in [0.29, 0.717) is 5.92 Å². The van der Waals surface area contributed by atoms with Crippen molar-refractivity contribution in [2.45, 2.75) is 193 Å². The summed E-state index contributed by atoms with van der Waals surface area (Å²) in [6.07, 6.45) is 15.0. The Morgan fingerprint density at radius 1 is 0.303 bits per heavy atom. The van der Waals surface area contributed by atoms with E-state index in [2.05, 4.69) is 414 Å². The van der Waals surface area contributed by atoms with Crippen molar-refractivity contribution in [3.63, 3.8) is 0 Å². The average molecular weight is 1410 g/mol. The second kappa shape index (κ2) is 34.1. The fourth-order valence-corrected chi connectivity index (χ4v) is 21.8. The molecule has 10 heteroatoms. The first-order valence-corrected chi connectivity index (χ1v) is 54.0. The second-order valence-electron chi connectivity index (χ2n) is 33.4. The number of rotatable bonds is 14. The van der Waals surface area contributed by atoms with E-state index in [1.165, 1.54) is 124 Å². The molecule has 5 aromatic heterocycles. The summed E-state index contributed by atoms with van der Waals surface area (Å²) >= 11 is 0. The van der Waals surface area contributed by atoms with Crippen LogP contribution in [0.4, 0.5) is 0 Å². The SMILES string of the molecule is CCCc1c[n+](C)c(-c2ccccc2C)cc1[Si](C)(C)C.CCc1c[n+](C)c(-c2ccccc2C)cc1[Si](C)(C)C.Cc1ccccc1-c1cc([Si](C)(C)C)c(C(C)C)c[n+]1C.Cc1ccccc1-c1cc([Si](C)(C)C)c(C)c[n+]1C.Cc1ccccc1-c1cc([Si](C)(C)C)cc[n+]1C. The van der Waals surface area contributed by atoms with E-state index in [1.807, 2.05) is 0 Å². The minimum atomic E-state index is -1.36. The molecule has 0 radical (unpaired) electrons. The highest BCUT2D eigenvalue weighted by atomic mass is 28.3. The second-order valence-corrected chi connectivity index (χ2v) is 58.6. The van der Waals surface area contributed by atoms with E-state index in [0.717, 1.165) is 6.42 Å². The number of nitrogens with zero attached hydrogens (tertiary/aromatic N) is 5. The van der Waals surface area contributed by atoms with Crippen molar-refractivity contribution in [2.24, 2.45) is 35.2 Å². The van der Waals surface area contributed by atoms with Gasteiger partial charge in [0.2, 0.25) is 28.5 Å². The molecule has 0 aliphatic heterocycles. The van der Waals surface area contributed by atoms with Gasteiger partial charge >= 0.3 is 0 Å². The molecule has 0 amide bonds. The summed E-state index contributed by atoms with van der Waals surface area (Å²) in [5.74, 6) is 0.573. The van der Waals surface area contributed by atoms with Crippen LogP contribution in [0.2, 0.25) is 98.2 Å². The molecule has 10 aromatic rings. The molecule has 0 bridgehead atoms. The summed E-state index contributed by atoms with van der Waals surface area (Å²) in [5, 5.41) is 7.87. The van der Waals surface area contributed by atoms with Crippen molar-refractivity contribution in [3.8, 4) is 56.3 Å². The topological polar surface area (TPSA) is 19.4 Å². The minimum absolute atomic E-state index is 0.573. The number of hydrogen-bond acceptors (Lipinski definition) is 0. The number of pyridine rings is 5. The zero-order chi connectivity index (χ0) is 73.9. The van der Waals surface area contributed by atoms with E-state index in [9.17, 15) is 0 Å². The van der Waals surface area contributed by atoms with Gasteiger partial charge in [0.15, 0.2) is 31.0 Å². The molecule has 99 heavy (non-hydrogen) atoms. The van der Waals surface area contributed by atoms with Gasteiger partial charge in [-0.3, -0.25) is 0 Å². The molecule has 0 aliphatic rings. The molecule has 0 saturated carbocycles. The molecule has 5 aromatic carbocycles. The number of hydrogen-bond donors (Lipinski definition) is 0. The lowest BCUT2D eigenvalue weighted by atomic mass is 10.0. The Balaban J connectivity index is 0.000000195. The highest BCUT2D eigenvalue weighted by molar-refractivity contribution is 6.90. The molecule has 5 nitrogen and oxygen atoms in total. The van der Waals surface area contributed by atoms with Crippen LogP contribution in [0.3, 0.4) is 0 Å². The minimum Gasteiger partial charge on any atom is -0.201 e. The molecule has 524 valence electrons. The third kappa shape index (κ3) is 21.3. The molecule has 0 aliphatic carbocycles. The van der Waals surface area contributed by atoms with Crippen molar-refractivity contribution < 1.29 is 22.8 Å². The van der Waals surface area contributed by atoms with Crippen LogP contribution >= 0.6 is 0 Å². The van der Waals surface area contributed by atoms with E-state index in [1.54, 1.807) is 20.7 Å². The Labute approximate surface area is 607 Å². The molecule has 0 atom stereocenters. The lowest BCUT2D eigenvalue weighted by Crippen LogP contribution is -2.45. The Morgan fingerprint density at radius 3 is 0.909 bits per heavy atom. The van der Waals surface area contributed by atoms with Gasteiger partial charge in [-0.15, -0.1) is 0 Å². The van der Waals surface area contributed by atoms with Crippen molar-refractivity contribution in [1.29, 1.82) is 0 Å². The van der Waals surface area contributed by atoms with Gasteiger partial charge < -0.3 is 0 Å². The summed E-state index contributed by atoms with van der Waals surface area (Å²) in [7, 11) is 4.21. The standard InChI is InChI=1S/2C19H28NSi.C18H26NSi.C17H24NSi.C16H22NSi/c1-14(2)17-13-20(4)18(12-19(17)21(5,6)7)16-11-9-8-10-15(16)3;1-7-10-16-14-20(3)18(13-19(16)21(4,5)6)17-12-9-8-11-15(17)2;1-7-15-13-19(3)17(12-18(15)20(4,5)6)16-11-9-8-10-14(16)2;1-13-9-7-8-10-15(13)16-11-17(19(4,5)6)14(2)12-18(16)3;1-13-8-6-7-9-15(13)16-12-14(18(3,4)5)10-11-17(16)2/h8-14H,1-7H3;8-9,11-14H,7,10H2,1-6H3;8-13H,7H2,1-6H3;7-12H,1-6H3;6-12H,1-5H3/q5*+1. The quantitative estimate of drug-likeness (QED) is 0.0764. The smallest absolute Gasteiger partial charge is 0.201 e. The predicted molar refractivity (Wildman–Crippen MR) is 446 cm³/mol. The summed E-state index contributed by atoms with van der Waals surface area (Å²) in [6, 6.07) is 57.6. The Bertz CT molecular complexity index is 4390. The fourth-order valence-electron chi connectivity index (χ4n) is 13.6. The first-order valence-electron chi connectivity index (χ1n) is 36.5. The van der Waals surface area contributed by atoms with Crippen LogP contribution in [0.25, 0.3) is 56.3 Å². The monoisotopic (exact) mass is 1410 g/mol. The number of aryl methyl sites for hydroxylation is 13. The van der Waals surface area contributed by atoms with Gasteiger partial charge in [0, 0.05) is 86.5 Å². The first-order chi connectivity index (χ1) is 46.1. The van der Waals surface area contributed by atoms with Gasteiger partial charge in [-0.1, -0.05) is 223 Å². The maximum Gasteiger partial charge on any atom is 0.212 e. The van der Waals surface area contributed by atoms with Gasteiger partial charge in [-0.2, -0.15) is 0 Å². The Hall–Kier alpha value is -7.07. The van der Waals surface area contributed by atoms with Gasteiger partial charge in [0.05, 0.1) is 40.4 Å². The van der Waals surface area contributed by atoms with Crippen molar-refractivity contribution >= 4 is 66.3 Å². The summed E-state index contributed by atoms with van der Waals surface area (Å²) in [5.41, 5.74) is 26.0. The van der Waals surface area contributed by atoms with E-state index in [-0.39, 0.29) is 0 Å². The van der Waals surface area contributed by atoms with Crippen molar-refractivity contribution in [2.75, 3.05) is 0 Å². The molecule has 0 N–H and O–H groups in total. The number of benzene rings is 5. The zero-order valence-electron chi connectivity index (χ0n) is 67.3.